The van der Waals surface area contributed by atoms with Crippen LogP contribution in [-0.4, -0.2) is 40.2 Å². The fourth-order valence-corrected chi connectivity index (χ4v) is 6.39. The molecule has 0 spiro atoms. The molecule has 0 aliphatic carbocycles. The fraction of sp³-hybridized carbons (Fsp3) is 0.435. The third-order valence-electron chi connectivity index (χ3n) is 6.12. The van der Waals surface area contributed by atoms with Crippen LogP contribution in [0.2, 0.25) is 0 Å². The topological polar surface area (TPSA) is 98.3 Å². The van der Waals surface area contributed by atoms with Crippen LogP contribution in [0.5, 0.6) is 0 Å². The van der Waals surface area contributed by atoms with Gasteiger partial charge in [-0.1, -0.05) is 30.6 Å². The van der Waals surface area contributed by atoms with Crippen molar-refractivity contribution in [2.24, 2.45) is 0 Å². The second-order valence-electron chi connectivity index (χ2n) is 8.30. The van der Waals surface area contributed by atoms with Crippen molar-refractivity contribution in [1.29, 1.82) is 0 Å². The van der Waals surface area contributed by atoms with Crippen molar-refractivity contribution in [3.63, 3.8) is 0 Å². The Labute approximate surface area is 187 Å². The van der Waals surface area contributed by atoms with Gasteiger partial charge in [0, 0.05) is 24.2 Å². The molecule has 1 aromatic carbocycles. The molecule has 0 unspecified atom stereocenters. The molecular formula is C23H28N4O4S. The van der Waals surface area contributed by atoms with Crippen LogP contribution >= 0.6 is 0 Å². The molecule has 32 heavy (non-hydrogen) atoms. The van der Waals surface area contributed by atoms with Gasteiger partial charge in [-0.2, -0.15) is 14.1 Å². The standard InChI is InChI=1S/C23H28N4O4S/c1-5-19-8-6-7-13-26(19)32(29,30)21-14-18(10-9-15(21)2)20-11-12-22(28)27(24-20)23-16(3)25-31-17(23)4/h9-12,14,19H,5-8,13H2,1-4H3/t19-/m0/s1. The molecule has 4 rings (SSSR count). The second-order valence-corrected chi connectivity index (χ2v) is 10.2. The molecule has 9 heteroatoms. The Morgan fingerprint density at radius 1 is 1.12 bits per heavy atom. The summed E-state index contributed by atoms with van der Waals surface area (Å²) >= 11 is 0. The van der Waals surface area contributed by atoms with E-state index in [-0.39, 0.29) is 16.5 Å². The van der Waals surface area contributed by atoms with Crippen molar-refractivity contribution in [1.82, 2.24) is 19.2 Å². The second kappa shape index (κ2) is 8.63. The number of piperidine rings is 1. The summed E-state index contributed by atoms with van der Waals surface area (Å²) in [6.45, 7) is 7.84. The lowest BCUT2D eigenvalue weighted by Gasteiger charge is -2.34. The van der Waals surface area contributed by atoms with E-state index in [0.717, 1.165) is 25.7 Å². The first-order valence-electron chi connectivity index (χ1n) is 10.9. The molecule has 1 aliphatic rings. The predicted molar refractivity (Wildman–Crippen MR) is 121 cm³/mol. The largest absolute Gasteiger partial charge is 0.359 e. The van der Waals surface area contributed by atoms with E-state index < -0.39 is 10.0 Å². The van der Waals surface area contributed by atoms with Crippen LogP contribution in [0, 0.1) is 20.8 Å². The van der Waals surface area contributed by atoms with Crippen molar-refractivity contribution in [3.05, 3.63) is 57.7 Å². The van der Waals surface area contributed by atoms with Gasteiger partial charge < -0.3 is 4.52 Å². The Morgan fingerprint density at radius 3 is 2.59 bits per heavy atom. The van der Waals surface area contributed by atoms with Crippen LogP contribution in [-0.2, 0) is 10.0 Å². The van der Waals surface area contributed by atoms with E-state index in [1.165, 1.54) is 10.7 Å². The quantitative estimate of drug-likeness (QED) is 0.580. The summed E-state index contributed by atoms with van der Waals surface area (Å²) < 4.78 is 35.3. The van der Waals surface area contributed by atoms with Gasteiger partial charge in [0.1, 0.15) is 11.4 Å². The van der Waals surface area contributed by atoms with E-state index in [1.807, 2.05) is 13.0 Å². The minimum atomic E-state index is -3.65. The molecule has 0 amide bonds. The highest BCUT2D eigenvalue weighted by atomic mass is 32.2. The van der Waals surface area contributed by atoms with Gasteiger partial charge in [0.05, 0.1) is 10.6 Å². The van der Waals surface area contributed by atoms with E-state index in [1.54, 1.807) is 43.3 Å². The van der Waals surface area contributed by atoms with E-state index in [0.29, 0.717) is 40.5 Å². The normalized spacial score (nSPS) is 17.6. The monoisotopic (exact) mass is 456 g/mol. The summed E-state index contributed by atoms with van der Waals surface area (Å²) in [7, 11) is -3.65. The molecule has 0 bridgehead atoms. The average Bonchev–Trinajstić information content (AvgIpc) is 3.12. The highest BCUT2D eigenvalue weighted by Crippen LogP contribution is 2.31. The summed E-state index contributed by atoms with van der Waals surface area (Å²) in [5, 5.41) is 8.40. The maximum absolute atomic E-state index is 13.6. The van der Waals surface area contributed by atoms with E-state index in [4.69, 9.17) is 4.52 Å². The number of rotatable bonds is 5. The van der Waals surface area contributed by atoms with Crippen molar-refractivity contribution < 1.29 is 12.9 Å². The van der Waals surface area contributed by atoms with Gasteiger partial charge in [0.2, 0.25) is 10.0 Å². The number of aryl methyl sites for hydroxylation is 3. The van der Waals surface area contributed by atoms with E-state index >= 15 is 0 Å². The summed E-state index contributed by atoms with van der Waals surface area (Å²) in [6, 6.07) is 8.33. The summed E-state index contributed by atoms with van der Waals surface area (Å²) in [5.41, 5.74) is 2.54. The first-order chi connectivity index (χ1) is 15.2. The van der Waals surface area contributed by atoms with Gasteiger partial charge >= 0.3 is 0 Å². The molecule has 0 radical (unpaired) electrons. The SMILES string of the molecule is CC[C@H]1CCCCN1S(=O)(=O)c1cc(-c2ccc(=O)n(-c3c(C)noc3C)n2)ccc1C. The summed E-state index contributed by atoms with van der Waals surface area (Å²) in [4.78, 5) is 12.8. The first-order valence-corrected chi connectivity index (χ1v) is 12.3. The Bertz CT molecular complexity index is 1290. The molecule has 1 aliphatic heterocycles. The predicted octanol–water partition coefficient (Wildman–Crippen LogP) is 3.77. The lowest BCUT2D eigenvalue weighted by molar-refractivity contribution is 0.246. The smallest absolute Gasteiger partial charge is 0.271 e. The van der Waals surface area contributed by atoms with Crippen LogP contribution in [0.25, 0.3) is 16.9 Å². The van der Waals surface area contributed by atoms with Crippen molar-refractivity contribution in [2.75, 3.05) is 6.54 Å². The van der Waals surface area contributed by atoms with Gasteiger partial charge in [-0.15, -0.1) is 0 Å². The highest BCUT2D eigenvalue weighted by Gasteiger charge is 2.33. The van der Waals surface area contributed by atoms with Gasteiger partial charge in [0.15, 0.2) is 5.76 Å². The van der Waals surface area contributed by atoms with Gasteiger partial charge in [-0.05, 0) is 57.7 Å². The fourth-order valence-electron chi connectivity index (χ4n) is 4.37. The number of aromatic nitrogens is 3. The Kier molecular flexibility index (Phi) is 6.05. The minimum Gasteiger partial charge on any atom is -0.359 e. The molecule has 1 fully saturated rings. The number of benzene rings is 1. The molecule has 1 atom stereocenters. The number of nitrogens with zero attached hydrogens (tertiary/aromatic N) is 4. The third-order valence-corrected chi connectivity index (χ3v) is 8.22. The zero-order valence-corrected chi connectivity index (χ0v) is 19.6. The Morgan fingerprint density at radius 2 is 1.91 bits per heavy atom. The molecule has 0 N–H and O–H groups in total. The number of hydrogen-bond acceptors (Lipinski definition) is 6. The molecule has 0 saturated carbocycles. The summed E-state index contributed by atoms with van der Waals surface area (Å²) in [6.07, 6.45) is 3.61. The zero-order chi connectivity index (χ0) is 23.0. The third kappa shape index (κ3) is 3.91. The minimum absolute atomic E-state index is 0.0244. The van der Waals surface area contributed by atoms with E-state index in [9.17, 15) is 13.2 Å². The van der Waals surface area contributed by atoms with E-state index in [2.05, 4.69) is 10.3 Å². The molecule has 170 valence electrons. The molecule has 3 heterocycles. The lowest BCUT2D eigenvalue weighted by Crippen LogP contribution is -2.43. The number of hydrogen-bond donors (Lipinski definition) is 0. The maximum atomic E-state index is 13.6. The zero-order valence-electron chi connectivity index (χ0n) is 18.8. The molecule has 1 saturated heterocycles. The van der Waals surface area contributed by atoms with Crippen molar-refractivity contribution in [2.45, 2.75) is 64.3 Å². The van der Waals surface area contributed by atoms with Gasteiger partial charge in [-0.25, -0.2) is 8.42 Å². The highest BCUT2D eigenvalue weighted by molar-refractivity contribution is 7.89. The van der Waals surface area contributed by atoms with Crippen LogP contribution in [0.15, 0.2) is 44.5 Å². The van der Waals surface area contributed by atoms with Crippen LogP contribution in [0.3, 0.4) is 0 Å². The Balaban J connectivity index is 1.80. The maximum Gasteiger partial charge on any atom is 0.271 e. The van der Waals surface area contributed by atoms with Crippen LogP contribution in [0.1, 0.15) is 49.6 Å². The van der Waals surface area contributed by atoms with Crippen LogP contribution < -0.4 is 5.56 Å². The lowest BCUT2D eigenvalue weighted by atomic mass is 10.0. The number of sulfonamides is 1. The Hall–Kier alpha value is -2.78. The molecule has 2 aromatic heterocycles. The average molecular weight is 457 g/mol. The molecule has 8 nitrogen and oxygen atoms in total. The summed E-state index contributed by atoms with van der Waals surface area (Å²) in [5.74, 6) is 0.483. The van der Waals surface area contributed by atoms with Crippen molar-refractivity contribution >= 4 is 10.0 Å². The molecular weight excluding hydrogens is 428 g/mol. The van der Waals surface area contributed by atoms with Crippen molar-refractivity contribution in [3.8, 4) is 16.9 Å². The van der Waals surface area contributed by atoms with Gasteiger partial charge in [-0.3, -0.25) is 4.79 Å². The first kappa shape index (κ1) is 22.4. The molecule has 3 aromatic rings. The van der Waals surface area contributed by atoms with Gasteiger partial charge in [0.25, 0.3) is 5.56 Å². The van der Waals surface area contributed by atoms with Crippen LogP contribution in [0.4, 0.5) is 0 Å².